The van der Waals surface area contributed by atoms with Gasteiger partial charge in [-0.05, 0) is 47.7 Å². The van der Waals surface area contributed by atoms with E-state index in [2.05, 4.69) is 0 Å². The molecule has 0 aliphatic carbocycles. The number of rotatable bonds is 7. The summed E-state index contributed by atoms with van der Waals surface area (Å²) in [4.78, 5) is 0. The van der Waals surface area contributed by atoms with Crippen molar-refractivity contribution >= 4 is 0 Å². The van der Waals surface area contributed by atoms with Gasteiger partial charge in [-0.1, -0.05) is 19.1 Å². The van der Waals surface area contributed by atoms with Crippen LogP contribution in [0.25, 0.3) is 0 Å². The molecule has 0 spiro atoms. The highest BCUT2D eigenvalue weighted by Crippen LogP contribution is 2.40. The Hall–Kier alpha value is -2.40. The van der Waals surface area contributed by atoms with Gasteiger partial charge in [0.2, 0.25) is 0 Å². The lowest BCUT2D eigenvalue weighted by atomic mass is 9.80. The summed E-state index contributed by atoms with van der Waals surface area (Å²) in [5, 5.41) is 29.5. The third kappa shape index (κ3) is 3.57. The zero-order chi connectivity index (χ0) is 17.7. The van der Waals surface area contributed by atoms with E-state index in [0.29, 0.717) is 11.5 Å². The summed E-state index contributed by atoms with van der Waals surface area (Å²) in [6, 6.07) is 10.3. The van der Waals surface area contributed by atoms with Crippen molar-refractivity contribution in [1.29, 1.82) is 0 Å². The number of aliphatic hydroxyl groups is 1. The van der Waals surface area contributed by atoms with Gasteiger partial charge in [0, 0.05) is 5.92 Å². The van der Waals surface area contributed by atoms with E-state index in [0.717, 1.165) is 17.5 Å². The zero-order valence-corrected chi connectivity index (χ0v) is 14.2. The van der Waals surface area contributed by atoms with Crippen molar-refractivity contribution < 1.29 is 24.8 Å². The predicted molar refractivity (Wildman–Crippen MR) is 92.2 cm³/mol. The number of phenols is 2. The second-order valence-electron chi connectivity index (χ2n) is 5.67. The second kappa shape index (κ2) is 7.93. The van der Waals surface area contributed by atoms with Crippen LogP contribution in [0.3, 0.4) is 0 Å². The number of aromatic hydroxyl groups is 2. The molecule has 0 bridgehead atoms. The molecule has 24 heavy (non-hydrogen) atoms. The molecule has 0 fully saturated rings. The number of hydrogen-bond donors (Lipinski definition) is 3. The maximum atomic E-state index is 9.97. The summed E-state index contributed by atoms with van der Waals surface area (Å²) in [7, 11) is 3.00. The Morgan fingerprint density at radius 1 is 0.833 bits per heavy atom. The van der Waals surface area contributed by atoms with Crippen molar-refractivity contribution in [3.05, 3.63) is 47.5 Å². The third-order valence-electron chi connectivity index (χ3n) is 4.39. The average Bonchev–Trinajstić information content (AvgIpc) is 2.61. The Morgan fingerprint density at radius 2 is 1.29 bits per heavy atom. The molecule has 0 amide bonds. The number of phenolic OH excluding ortho intramolecular Hbond substituents is 2. The molecule has 3 N–H and O–H groups in total. The van der Waals surface area contributed by atoms with Crippen LogP contribution in [-0.2, 0) is 0 Å². The van der Waals surface area contributed by atoms with Crippen LogP contribution < -0.4 is 9.47 Å². The minimum absolute atomic E-state index is 0.0266. The number of aliphatic hydroxyl groups excluding tert-OH is 1. The van der Waals surface area contributed by atoms with Gasteiger partial charge in [-0.15, -0.1) is 0 Å². The molecular formula is C19H24O5. The number of methoxy groups -OCH3 is 2. The lowest BCUT2D eigenvalue weighted by Crippen LogP contribution is -2.15. The smallest absolute Gasteiger partial charge is 0.160 e. The monoisotopic (exact) mass is 332 g/mol. The van der Waals surface area contributed by atoms with Crippen LogP contribution in [0.4, 0.5) is 0 Å². The Morgan fingerprint density at radius 3 is 1.67 bits per heavy atom. The van der Waals surface area contributed by atoms with E-state index in [1.165, 1.54) is 14.2 Å². The van der Waals surface area contributed by atoms with Crippen LogP contribution >= 0.6 is 0 Å². The Balaban J connectivity index is 2.43. The largest absolute Gasteiger partial charge is 0.504 e. The summed E-state index contributed by atoms with van der Waals surface area (Å²) < 4.78 is 10.4. The van der Waals surface area contributed by atoms with E-state index in [9.17, 15) is 15.3 Å². The van der Waals surface area contributed by atoms with E-state index in [1.807, 2.05) is 13.0 Å². The molecule has 130 valence electrons. The maximum absolute atomic E-state index is 9.97. The van der Waals surface area contributed by atoms with Crippen LogP contribution in [0.2, 0.25) is 0 Å². The lowest BCUT2D eigenvalue weighted by Gasteiger charge is -2.26. The van der Waals surface area contributed by atoms with Crippen LogP contribution in [0, 0.1) is 0 Å². The minimum atomic E-state index is -0.168. The molecule has 0 heterocycles. The van der Waals surface area contributed by atoms with Gasteiger partial charge < -0.3 is 24.8 Å². The normalized spacial score (nSPS) is 13.3. The first-order valence-electron chi connectivity index (χ1n) is 7.90. The van der Waals surface area contributed by atoms with E-state index in [1.54, 1.807) is 30.3 Å². The molecule has 0 aliphatic heterocycles. The molecule has 2 aromatic carbocycles. The first-order chi connectivity index (χ1) is 11.5. The second-order valence-corrected chi connectivity index (χ2v) is 5.67. The van der Waals surface area contributed by atoms with Gasteiger partial charge in [0.25, 0.3) is 0 Å². The van der Waals surface area contributed by atoms with Crippen molar-refractivity contribution in [2.24, 2.45) is 0 Å². The first kappa shape index (κ1) is 17.9. The standard InChI is InChI=1S/C19H24O5/c1-4-14(12-5-7-16(21)18(9-12)23-2)15(11-20)13-6-8-17(22)19(10-13)24-3/h5-10,14-15,20-22H,4,11H2,1-3H3. The van der Waals surface area contributed by atoms with Gasteiger partial charge in [0.1, 0.15) is 0 Å². The van der Waals surface area contributed by atoms with Crippen molar-refractivity contribution in [3.63, 3.8) is 0 Å². The third-order valence-corrected chi connectivity index (χ3v) is 4.39. The average molecular weight is 332 g/mol. The fourth-order valence-electron chi connectivity index (χ4n) is 3.07. The quantitative estimate of drug-likeness (QED) is 0.724. The molecule has 0 aromatic heterocycles. The van der Waals surface area contributed by atoms with Crippen LogP contribution in [0.15, 0.2) is 36.4 Å². The highest BCUT2D eigenvalue weighted by Gasteiger charge is 2.24. The molecule has 2 unspecified atom stereocenters. The molecule has 0 saturated carbocycles. The highest BCUT2D eigenvalue weighted by molar-refractivity contribution is 5.46. The van der Waals surface area contributed by atoms with E-state index in [-0.39, 0.29) is 29.9 Å². The zero-order valence-electron chi connectivity index (χ0n) is 14.2. The van der Waals surface area contributed by atoms with Gasteiger partial charge in [0.05, 0.1) is 20.8 Å². The Bertz CT molecular complexity index is 624. The molecule has 0 aliphatic rings. The molecular weight excluding hydrogens is 308 g/mol. The van der Waals surface area contributed by atoms with Crippen LogP contribution in [-0.4, -0.2) is 36.1 Å². The molecule has 0 saturated heterocycles. The van der Waals surface area contributed by atoms with Crippen molar-refractivity contribution in [2.45, 2.75) is 25.2 Å². The molecule has 2 rings (SSSR count). The van der Waals surface area contributed by atoms with Gasteiger partial charge in [-0.3, -0.25) is 0 Å². The highest BCUT2D eigenvalue weighted by atomic mass is 16.5. The van der Waals surface area contributed by atoms with Crippen LogP contribution in [0.1, 0.15) is 36.3 Å². The summed E-state index contributed by atoms with van der Waals surface area (Å²) in [6.07, 6.45) is 0.794. The lowest BCUT2D eigenvalue weighted by molar-refractivity contribution is 0.245. The van der Waals surface area contributed by atoms with Crippen molar-refractivity contribution in [3.8, 4) is 23.0 Å². The summed E-state index contributed by atoms with van der Waals surface area (Å²) >= 11 is 0. The topological polar surface area (TPSA) is 79.2 Å². The molecule has 0 radical (unpaired) electrons. The minimum Gasteiger partial charge on any atom is -0.504 e. The fourth-order valence-corrected chi connectivity index (χ4v) is 3.07. The molecule has 2 atom stereocenters. The maximum Gasteiger partial charge on any atom is 0.160 e. The van der Waals surface area contributed by atoms with Gasteiger partial charge in [-0.2, -0.15) is 0 Å². The SMILES string of the molecule is CCC(c1ccc(O)c(OC)c1)C(CO)c1ccc(O)c(OC)c1. The van der Waals surface area contributed by atoms with Gasteiger partial charge >= 0.3 is 0 Å². The fraction of sp³-hybridized carbons (Fsp3) is 0.368. The predicted octanol–water partition coefficient (Wildman–Crippen LogP) is 3.38. The Labute approximate surface area is 142 Å². The molecule has 5 nitrogen and oxygen atoms in total. The summed E-state index contributed by atoms with van der Waals surface area (Å²) in [5.74, 6) is 0.799. The summed E-state index contributed by atoms with van der Waals surface area (Å²) in [6.45, 7) is 2.00. The molecule has 5 heteroatoms. The van der Waals surface area contributed by atoms with Crippen molar-refractivity contribution in [2.75, 3.05) is 20.8 Å². The number of hydrogen-bond acceptors (Lipinski definition) is 5. The number of ether oxygens (including phenoxy) is 2. The Kier molecular flexibility index (Phi) is 5.93. The molecule has 2 aromatic rings. The summed E-state index contributed by atoms with van der Waals surface area (Å²) in [5.41, 5.74) is 1.85. The van der Waals surface area contributed by atoms with Gasteiger partial charge in [0.15, 0.2) is 23.0 Å². The van der Waals surface area contributed by atoms with E-state index < -0.39 is 0 Å². The first-order valence-corrected chi connectivity index (χ1v) is 7.90. The van der Waals surface area contributed by atoms with Crippen molar-refractivity contribution in [1.82, 2.24) is 0 Å². The van der Waals surface area contributed by atoms with Crippen LogP contribution in [0.5, 0.6) is 23.0 Å². The van der Waals surface area contributed by atoms with Gasteiger partial charge in [-0.25, -0.2) is 0 Å². The van der Waals surface area contributed by atoms with E-state index >= 15 is 0 Å². The van der Waals surface area contributed by atoms with E-state index in [4.69, 9.17) is 9.47 Å². The number of benzene rings is 2.